The first-order chi connectivity index (χ1) is 7.06. The standard InChI is InChI=1S/C12H21NOS/c1-9-5-10(9)7-13(2)11(14)6-12(8-15)3-4-12/h9-10,15H,3-8H2,1-2H3. The molecule has 0 bridgehead atoms. The second-order valence-corrected chi connectivity index (χ2v) is 5.90. The van der Waals surface area contributed by atoms with Gasteiger partial charge in [0.25, 0.3) is 0 Å². The monoisotopic (exact) mass is 227 g/mol. The summed E-state index contributed by atoms with van der Waals surface area (Å²) in [6.07, 6.45) is 4.40. The summed E-state index contributed by atoms with van der Waals surface area (Å²) in [7, 11) is 1.95. The second-order valence-electron chi connectivity index (χ2n) is 5.58. The SMILES string of the molecule is CC1CC1CN(C)C(=O)CC1(CS)CC1. The number of rotatable bonds is 5. The first-order valence-electron chi connectivity index (χ1n) is 5.91. The Kier molecular flexibility index (Phi) is 3.02. The van der Waals surface area contributed by atoms with Gasteiger partial charge in [-0.05, 0) is 42.3 Å². The third-order valence-electron chi connectivity index (χ3n) is 4.03. The van der Waals surface area contributed by atoms with E-state index in [0.717, 1.165) is 24.1 Å². The molecule has 0 saturated heterocycles. The molecule has 0 aliphatic heterocycles. The van der Waals surface area contributed by atoms with Crippen LogP contribution in [0.5, 0.6) is 0 Å². The van der Waals surface area contributed by atoms with Crippen molar-refractivity contribution in [3.05, 3.63) is 0 Å². The Balaban J connectivity index is 1.75. The van der Waals surface area contributed by atoms with Crippen LogP contribution in [-0.4, -0.2) is 30.2 Å². The molecule has 2 atom stereocenters. The lowest BCUT2D eigenvalue weighted by Gasteiger charge is -2.20. The van der Waals surface area contributed by atoms with Gasteiger partial charge in [0, 0.05) is 20.0 Å². The lowest BCUT2D eigenvalue weighted by molar-refractivity contribution is -0.131. The van der Waals surface area contributed by atoms with Gasteiger partial charge in [-0.25, -0.2) is 0 Å². The van der Waals surface area contributed by atoms with Crippen LogP contribution >= 0.6 is 12.6 Å². The highest BCUT2D eigenvalue weighted by atomic mass is 32.1. The van der Waals surface area contributed by atoms with Crippen molar-refractivity contribution in [1.82, 2.24) is 4.90 Å². The predicted molar refractivity (Wildman–Crippen MR) is 65.0 cm³/mol. The van der Waals surface area contributed by atoms with Gasteiger partial charge < -0.3 is 4.90 Å². The van der Waals surface area contributed by atoms with E-state index >= 15 is 0 Å². The van der Waals surface area contributed by atoms with Gasteiger partial charge >= 0.3 is 0 Å². The largest absolute Gasteiger partial charge is 0.345 e. The zero-order valence-corrected chi connectivity index (χ0v) is 10.6. The summed E-state index contributed by atoms with van der Waals surface area (Å²) in [5.41, 5.74) is 0.267. The van der Waals surface area contributed by atoms with Gasteiger partial charge in [-0.1, -0.05) is 6.92 Å². The Labute approximate surface area is 97.8 Å². The fourth-order valence-electron chi connectivity index (χ4n) is 2.13. The van der Waals surface area contributed by atoms with E-state index in [2.05, 4.69) is 19.6 Å². The van der Waals surface area contributed by atoms with Crippen molar-refractivity contribution in [2.45, 2.75) is 32.6 Å². The topological polar surface area (TPSA) is 20.3 Å². The highest BCUT2D eigenvalue weighted by molar-refractivity contribution is 7.80. The van der Waals surface area contributed by atoms with Crippen molar-refractivity contribution in [3.8, 4) is 0 Å². The maximum absolute atomic E-state index is 11.9. The van der Waals surface area contributed by atoms with Gasteiger partial charge in [0.05, 0.1) is 0 Å². The van der Waals surface area contributed by atoms with Gasteiger partial charge in [0.1, 0.15) is 0 Å². The van der Waals surface area contributed by atoms with Crippen LogP contribution in [0.15, 0.2) is 0 Å². The molecular weight excluding hydrogens is 206 g/mol. The van der Waals surface area contributed by atoms with Crippen molar-refractivity contribution < 1.29 is 4.79 Å². The zero-order valence-electron chi connectivity index (χ0n) is 9.70. The van der Waals surface area contributed by atoms with Crippen LogP contribution in [0.25, 0.3) is 0 Å². The number of amides is 1. The molecule has 2 unspecified atom stereocenters. The van der Waals surface area contributed by atoms with Crippen molar-refractivity contribution in [2.75, 3.05) is 19.3 Å². The molecule has 2 rings (SSSR count). The highest BCUT2D eigenvalue weighted by Crippen LogP contribution is 2.50. The van der Waals surface area contributed by atoms with Crippen LogP contribution in [0.1, 0.15) is 32.6 Å². The van der Waals surface area contributed by atoms with E-state index in [1.165, 1.54) is 19.3 Å². The first-order valence-corrected chi connectivity index (χ1v) is 6.54. The molecule has 0 spiro atoms. The number of nitrogens with zero attached hydrogens (tertiary/aromatic N) is 1. The molecule has 0 aromatic carbocycles. The summed E-state index contributed by atoms with van der Waals surface area (Å²) < 4.78 is 0. The van der Waals surface area contributed by atoms with Crippen LogP contribution in [0.2, 0.25) is 0 Å². The molecule has 2 fully saturated rings. The van der Waals surface area contributed by atoms with Crippen LogP contribution in [0, 0.1) is 17.3 Å². The van der Waals surface area contributed by atoms with Gasteiger partial charge in [-0.2, -0.15) is 12.6 Å². The summed E-state index contributed by atoms with van der Waals surface area (Å²) >= 11 is 4.33. The molecule has 1 amide bonds. The fraction of sp³-hybridized carbons (Fsp3) is 0.917. The van der Waals surface area contributed by atoms with Crippen molar-refractivity contribution in [2.24, 2.45) is 17.3 Å². The summed E-state index contributed by atoms with van der Waals surface area (Å²) in [4.78, 5) is 13.8. The van der Waals surface area contributed by atoms with E-state index in [0.29, 0.717) is 12.3 Å². The maximum Gasteiger partial charge on any atom is 0.222 e. The highest BCUT2D eigenvalue weighted by Gasteiger charge is 2.44. The van der Waals surface area contributed by atoms with E-state index in [9.17, 15) is 4.79 Å². The first kappa shape index (κ1) is 11.3. The molecule has 2 nitrogen and oxygen atoms in total. The molecule has 2 saturated carbocycles. The van der Waals surface area contributed by atoms with Gasteiger partial charge in [-0.3, -0.25) is 4.79 Å². The zero-order chi connectivity index (χ0) is 11.1. The number of carbonyl (C=O) groups is 1. The molecule has 0 aromatic heterocycles. The molecule has 0 N–H and O–H groups in total. The van der Waals surface area contributed by atoms with Gasteiger partial charge in [-0.15, -0.1) is 0 Å². The fourth-order valence-corrected chi connectivity index (χ4v) is 2.56. The van der Waals surface area contributed by atoms with Crippen LogP contribution in [-0.2, 0) is 4.79 Å². The second kappa shape index (κ2) is 4.00. The Hall–Kier alpha value is -0.180. The van der Waals surface area contributed by atoms with E-state index in [1.54, 1.807) is 0 Å². The van der Waals surface area contributed by atoms with Crippen molar-refractivity contribution in [3.63, 3.8) is 0 Å². The predicted octanol–water partition coefficient (Wildman–Crippen LogP) is 2.20. The number of carbonyl (C=O) groups excluding carboxylic acids is 1. The Morgan fingerprint density at radius 1 is 1.53 bits per heavy atom. The smallest absolute Gasteiger partial charge is 0.222 e. The molecule has 0 radical (unpaired) electrons. The molecule has 0 heterocycles. The third kappa shape index (κ3) is 2.68. The summed E-state index contributed by atoms with van der Waals surface area (Å²) in [6.45, 7) is 3.22. The lowest BCUT2D eigenvalue weighted by Crippen LogP contribution is -2.31. The molecule has 0 aromatic rings. The maximum atomic E-state index is 11.9. The minimum absolute atomic E-state index is 0.267. The van der Waals surface area contributed by atoms with Crippen molar-refractivity contribution >= 4 is 18.5 Å². The number of hydrogen-bond acceptors (Lipinski definition) is 2. The summed E-state index contributed by atoms with van der Waals surface area (Å²) in [5.74, 6) is 2.79. The number of thiol groups is 1. The molecule has 2 aliphatic rings. The van der Waals surface area contributed by atoms with Gasteiger partial charge in [0.2, 0.25) is 5.91 Å². The van der Waals surface area contributed by atoms with E-state index in [1.807, 2.05) is 11.9 Å². The average Bonchev–Trinajstić information content (AvgIpc) is 3.08. The molecule has 3 heteroatoms. The summed E-state index contributed by atoms with van der Waals surface area (Å²) in [5, 5.41) is 0. The van der Waals surface area contributed by atoms with Gasteiger partial charge in [0.15, 0.2) is 0 Å². The minimum atomic E-state index is 0.267. The number of hydrogen-bond donors (Lipinski definition) is 1. The Morgan fingerprint density at radius 2 is 2.13 bits per heavy atom. The average molecular weight is 227 g/mol. The molecule has 15 heavy (non-hydrogen) atoms. The van der Waals surface area contributed by atoms with Crippen LogP contribution < -0.4 is 0 Å². The van der Waals surface area contributed by atoms with Crippen molar-refractivity contribution in [1.29, 1.82) is 0 Å². The lowest BCUT2D eigenvalue weighted by atomic mass is 10.0. The quantitative estimate of drug-likeness (QED) is 0.714. The van der Waals surface area contributed by atoms with E-state index in [4.69, 9.17) is 0 Å². The van der Waals surface area contributed by atoms with E-state index < -0.39 is 0 Å². The third-order valence-corrected chi connectivity index (χ3v) is 4.70. The van der Waals surface area contributed by atoms with Crippen LogP contribution in [0.4, 0.5) is 0 Å². The Morgan fingerprint density at radius 3 is 2.53 bits per heavy atom. The molecule has 86 valence electrons. The van der Waals surface area contributed by atoms with Crippen LogP contribution in [0.3, 0.4) is 0 Å². The summed E-state index contributed by atoms with van der Waals surface area (Å²) in [6, 6.07) is 0. The molecular formula is C12H21NOS. The molecule has 2 aliphatic carbocycles. The van der Waals surface area contributed by atoms with E-state index in [-0.39, 0.29) is 5.41 Å². The normalized spacial score (nSPS) is 31.1. The minimum Gasteiger partial charge on any atom is -0.345 e. The Bertz CT molecular complexity index is 262.